The Morgan fingerprint density at radius 3 is 1.14 bits per heavy atom. The van der Waals surface area contributed by atoms with Gasteiger partial charge in [-0.3, -0.25) is 19.6 Å². The number of carboxylic acids is 4. The molecule has 0 amide bonds. The number of likely N-dealkylation sites (N-methyl/N-ethyl adjacent to an activating group) is 2. The van der Waals surface area contributed by atoms with Gasteiger partial charge in [-0.15, -0.1) is 0 Å². The van der Waals surface area contributed by atoms with E-state index >= 15 is 0 Å². The van der Waals surface area contributed by atoms with Crippen molar-refractivity contribution in [3.8, 4) is 0 Å². The fourth-order valence-corrected chi connectivity index (χ4v) is 1.57. The van der Waals surface area contributed by atoms with E-state index in [0.29, 0.717) is 38.8 Å². The van der Waals surface area contributed by atoms with Gasteiger partial charge in [0.2, 0.25) is 0 Å². The van der Waals surface area contributed by atoms with Crippen LogP contribution in [-0.4, -0.2) is 98.4 Å². The van der Waals surface area contributed by atoms with Gasteiger partial charge < -0.3 is 75.1 Å². The Morgan fingerprint density at radius 1 is 0.730 bits per heavy atom. The van der Waals surface area contributed by atoms with E-state index in [-0.39, 0.29) is 42.1 Å². The Bertz CT molecular complexity index is 619. The number of guanidine groups is 2. The molecule has 19 heteroatoms. The summed E-state index contributed by atoms with van der Waals surface area (Å²) in [6, 6.07) is -1.64. The van der Waals surface area contributed by atoms with Crippen LogP contribution in [0.15, 0.2) is 9.98 Å². The standard InChI is InChI=1S/2C6H14N4O2.2C3H7NO2.Cu/c2*7-4(5(11)12)2-1-3-10-6(8)9;2*1-4-2-3(5)6;/h2*4H,1-3,7H2,(H,11,12)(H4,8,9,10);2*4H,2H2,1H3,(H,5,6);/q;;;;+2/p-2/t2*4-;;;/m00.../s1. The number of carboxylic acid groups (broad SMARTS) is 4. The molecule has 0 rings (SSSR count). The Balaban J connectivity index is -0.000000128. The van der Waals surface area contributed by atoms with Gasteiger partial charge in [0.15, 0.2) is 11.9 Å². The third-order valence-corrected chi connectivity index (χ3v) is 3.21. The minimum atomic E-state index is -1.07. The van der Waals surface area contributed by atoms with Crippen molar-refractivity contribution in [2.24, 2.45) is 44.4 Å². The minimum Gasteiger partial charge on any atom is -0.549 e. The fraction of sp³-hybridized carbons (Fsp3) is 0.667. The first-order valence-corrected chi connectivity index (χ1v) is 10.4. The molecule has 0 aliphatic heterocycles. The zero-order valence-corrected chi connectivity index (χ0v) is 21.8. The van der Waals surface area contributed by atoms with Crippen LogP contribution >= 0.6 is 0 Å². The van der Waals surface area contributed by atoms with E-state index in [1.54, 1.807) is 14.1 Å². The molecule has 1 radical (unpaired) electrons. The first-order chi connectivity index (χ1) is 16.6. The molecule has 0 aromatic heterocycles. The van der Waals surface area contributed by atoms with Gasteiger partial charge in [0.25, 0.3) is 0 Å². The van der Waals surface area contributed by atoms with Crippen LogP contribution in [0.5, 0.6) is 0 Å². The molecule has 0 bridgehead atoms. The summed E-state index contributed by atoms with van der Waals surface area (Å²) in [6.07, 6.45) is 1.91. The van der Waals surface area contributed by atoms with Gasteiger partial charge >= 0.3 is 29.0 Å². The fourth-order valence-electron chi connectivity index (χ4n) is 1.57. The van der Waals surface area contributed by atoms with E-state index in [4.69, 9.17) is 44.6 Å². The molecule has 0 aromatic carbocycles. The number of hydrogen-bond donors (Lipinski definition) is 10. The van der Waals surface area contributed by atoms with Crippen molar-refractivity contribution in [2.75, 3.05) is 40.3 Å². The summed E-state index contributed by atoms with van der Waals surface area (Å²) in [6.45, 7) is 0.701. The average Bonchev–Trinajstić information content (AvgIpc) is 2.74. The molecular formula is C18H40CuN10O8. The van der Waals surface area contributed by atoms with Crippen molar-refractivity contribution in [1.29, 1.82) is 0 Å². The van der Waals surface area contributed by atoms with Gasteiger partial charge in [-0.2, -0.15) is 0 Å². The Hall–Kier alpha value is -3.22. The monoisotopic (exact) mass is 587 g/mol. The molecule has 18 nitrogen and oxygen atoms in total. The number of carbonyl (C=O) groups is 4. The molecule has 2 atom stereocenters. The molecule has 0 saturated heterocycles. The summed E-state index contributed by atoms with van der Waals surface area (Å²) < 4.78 is 0. The zero-order valence-electron chi connectivity index (χ0n) is 20.8. The molecule has 16 N–H and O–H groups in total. The molecule has 221 valence electrons. The SMILES string of the molecule is CNCC(=O)[O-].CNCC(=O)[O-].NC(N)=NCCC[C@H](N)C(=O)O.NC(N)=NCCC[C@H](N)C(=O)O.[Cu+2]. The van der Waals surface area contributed by atoms with E-state index in [1.807, 2.05) is 0 Å². The van der Waals surface area contributed by atoms with E-state index in [9.17, 15) is 29.4 Å². The van der Waals surface area contributed by atoms with E-state index < -0.39 is 36.0 Å². The third-order valence-electron chi connectivity index (χ3n) is 3.21. The molecule has 0 aliphatic carbocycles. The molecule has 0 fully saturated rings. The number of hydrogen-bond acceptors (Lipinski definition) is 12. The summed E-state index contributed by atoms with van der Waals surface area (Å²) in [5, 5.41) is 40.4. The van der Waals surface area contributed by atoms with E-state index in [2.05, 4.69) is 20.6 Å². The molecular weight excluding hydrogens is 548 g/mol. The maximum Gasteiger partial charge on any atom is 2.00 e. The maximum absolute atomic E-state index is 10.2. The molecule has 0 spiro atoms. The van der Waals surface area contributed by atoms with Gasteiger partial charge in [-0.25, -0.2) is 0 Å². The van der Waals surface area contributed by atoms with Crippen LogP contribution < -0.4 is 55.2 Å². The number of aliphatic imine (C=N–C) groups is 2. The van der Waals surface area contributed by atoms with Crippen molar-refractivity contribution < 1.29 is 56.7 Å². The zero-order chi connectivity index (χ0) is 29.1. The first kappa shape index (κ1) is 43.8. The van der Waals surface area contributed by atoms with Gasteiger partial charge in [0, 0.05) is 26.2 Å². The second-order valence-corrected chi connectivity index (χ2v) is 6.59. The smallest absolute Gasteiger partial charge is 0.549 e. The Morgan fingerprint density at radius 2 is 1.00 bits per heavy atom. The van der Waals surface area contributed by atoms with Crippen LogP contribution in [0.3, 0.4) is 0 Å². The summed E-state index contributed by atoms with van der Waals surface area (Å²) in [4.78, 5) is 46.6. The van der Waals surface area contributed by atoms with Gasteiger partial charge in [-0.05, 0) is 39.8 Å². The van der Waals surface area contributed by atoms with Crippen LogP contribution in [0, 0.1) is 0 Å². The predicted molar refractivity (Wildman–Crippen MR) is 129 cm³/mol. The minimum absolute atomic E-state index is 0. The number of carbonyl (C=O) groups excluding carboxylic acids is 2. The molecule has 0 saturated carbocycles. The number of nitrogens with one attached hydrogen (secondary N) is 2. The summed E-state index contributed by atoms with van der Waals surface area (Å²) in [7, 11) is 3.10. The van der Waals surface area contributed by atoms with Gasteiger partial charge in [-0.1, -0.05) is 0 Å². The molecule has 0 unspecified atom stereocenters. The Labute approximate surface area is 225 Å². The summed E-state index contributed by atoms with van der Waals surface area (Å²) in [5.41, 5.74) is 30.6. The van der Waals surface area contributed by atoms with Crippen LogP contribution in [-0.2, 0) is 36.2 Å². The van der Waals surface area contributed by atoms with Crippen molar-refractivity contribution in [1.82, 2.24) is 10.6 Å². The summed E-state index contributed by atoms with van der Waals surface area (Å²) >= 11 is 0. The maximum atomic E-state index is 10.2. The van der Waals surface area contributed by atoms with E-state index in [1.165, 1.54) is 0 Å². The summed E-state index contributed by atoms with van der Waals surface area (Å²) in [5.74, 6) is -4.12. The van der Waals surface area contributed by atoms with Crippen LogP contribution in [0.4, 0.5) is 0 Å². The topological polar surface area (TPSA) is 360 Å². The van der Waals surface area contributed by atoms with Crippen molar-refractivity contribution >= 4 is 35.8 Å². The molecule has 0 heterocycles. The average molecular weight is 588 g/mol. The Kier molecular flexibility index (Phi) is 36.5. The number of aliphatic carboxylic acids is 4. The number of nitrogens with zero attached hydrogens (tertiary/aromatic N) is 2. The largest absolute Gasteiger partial charge is 2.00 e. The van der Waals surface area contributed by atoms with Gasteiger partial charge in [0.05, 0.1) is 11.9 Å². The second kappa shape index (κ2) is 30.8. The van der Waals surface area contributed by atoms with Gasteiger partial charge in [0.1, 0.15) is 12.1 Å². The van der Waals surface area contributed by atoms with Crippen LogP contribution in [0.1, 0.15) is 25.7 Å². The van der Waals surface area contributed by atoms with E-state index in [0.717, 1.165) is 0 Å². The van der Waals surface area contributed by atoms with Crippen LogP contribution in [0.2, 0.25) is 0 Å². The second-order valence-electron chi connectivity index (χ2n) is 6.59. The quantitative estimate of drug-likeness (QED) is 0.0390. The predicted octanol–water partition coefficient (Wildman–Crippen LogP) is -7.19. The van der Waals surface area contributed by atoms with Crippen molar-refractivity contribution in [3.63, 3.8) is 0 Å². The van der Waals surface area contributed by atoms with Crippen molar-refractivity contribution in [2.45, 2.75) is 37.8 Å². The normalized spacial score (nSPS) is 10.5. The first-order valence-electron chi connectivity index (χ1n) is 10.4. The van der Waals surface area contributed by atoms with Crippen molar-refractivity contribution in [3.05, 3.63) is 0 Å². The number of rotatable bonds is 14. The molecule has 37 heavy (non-hydrogen) atoms. The molecule has 0 aliphatic rings. The third kappa shape index (κ3) is 50.6. The molecule has 0 aromatic rings. The number of nitrogens with two attached hydrogens (primary N) is 6. The van der Waals surface area contributed by atoms with Crippen LogP contribution in [0.25, 0.3) is 0 Å².